The maximum Gasteiger partial charge on any atom is 0.185 e. The average Bonchev–Trinajstić information content (AvgIpc) is 3.08. The van der Waals surface area contributed by atoms with E-state index in [0.29, 0.717) is 6.04 Å². The maximum absolute atomic E-state index is 4.60. The van der Waals surface area contributed by atoms with Crippen LogP contribution in [0.5, 0.6) is 0 Å². The zero-order valence-corrected chi connectivity index (χ0v) is 12.8. The van der Waals surface area contributed by atoms with Crippen LogP contribution in [0, 0.1) is 6.92 Å². The molecule has 0 saturated carbocycles. The third kappa shape index (κ3) is 2.99. The first kappa shape index (κ1) is 13.5. The van der Waals surface area contributed by atoms with Gasteiger partial charge in [-0.05, 0) is 13.8 Å². The topological polar surface area (TPSA) is 50.1 Å². The molecule has 0 aromatic carbocycles. The minimum atomic E-state index is 0.505. The van der Waals surface area contributed by atoms with Gasteiger partial charge in [-0.25, -0.2) is 9.97 Å². The van der Waals surface area contributed by atoms with Crippen molar-refractivity contribution in [2.75, 3.05) is 31.1 Å². The zero-order valence-electron chi connectivity index (χ0n) is 11.9. The van der Waals surface area contributed by atoms with E-state index in [-0.39, 0.29) is 0 Å². The van der Waals surface area contributed by atoms with Crippen LogP contribution in [0.1, 0.15) is 12.6 Å². The molecule has 2 aromatic rings. The van der Waals surface area contributed by atoms with Crippen molar-refractivity contribution in [3.63, 3.8) is 0 Å². The van der Waals surface area contributed by atoms with Gasteiger partial charge >= 0.3 is 0 Å². The van der Waals surface area contributed by atoms with Gasteiger partial charge in [-0.15, -0.1) is 11.3 Å². The van der Waals surface area contributed by atoms with E-state index in [4.69, 9.17) is 0 Å². The van der Waals surface area contributed by atoms with Gasteiger partial charge < -0.3 is 4.90 Å². The van der Waals surface area contributed by atoms with Gasteiger partial charge in [-0.2, -0.15) is 5.10 Å². The quantitative estimate of drug-likeness (QED) is 0.849. The molecule has 1 saturated heterocycles. The highest BCUT2D eigenvalue weighted by Crippen LogP contribution is 2.24. The predicted molar refractivity (Wildman–Crippen MR) is 80.1 cm³/mol. The lowest BCUT2D eigenvalue weighted by Crippen LogP contribution is -2.52. The molecule has 0 bridgehead atoms. The number of piperazine rings is 1. The molecule has 3 heterocycles. The summed E-state index contributed by atoms with van der Waals surface area (Å²) in [5, 5.41) is 7.43. The first-order valence-corrected chi connectivity index (χ1v) is 7.84. The van der Waals surface area contributed by atoms with Crippen molar-refractivity contribution < 1.29 is 0 Å². The highest BCUT2D eigenvalue weighted by atomic mass is 32.1. The standard InChI is InChI=1S/C13H20N6S/c1-11-8-20-13(16-11)19-6-4-17(7-12(19)2)3-5-18-10-14-9-15-18/h8-10,12H,3-7H2,1-2H3. The Balaban J connectivity index is 1.54. The van der Waals surface area contributed by atoms with Gasteiger partial charge in [0, 0.05) is 37.6 Å². The van der Waals surface area contributed by atoms with Crippen molar-refractivity contribution in [1.29, 1.82) is 0 Å². The smallest absolute Gasteiger partial charge is 0.185 e. The second-order valence-electron chi connectivity index (χ2n) is 5.27. The molecule has 1 aliphatic heterocycles. The summed E-state index contributed by atoms with van der Waals surface area (Å²) in [6.45, 7) is 9.47. The summed E-state index contributed by atoms with van der Waals surface area (Å²) in [5.41, 5.74) is 1.12. The van der Waals surface area contributed by atoms with Crippen molar-refractivity contribution in [2.24, 2.45) is 0 Å². The van der Waals surface area contributed by atoms with E-state index in [1.54, 1.807) is 24.0 Å². The summed E-state index contributed by atoms with van der Waals surface area (Å²) in [5.74, 6) is 0. The SMILES string of the molecule is Cc1csc(N2CCN(CCn3cncn3)CC2C)n1. The molecule has 1 atom stereocenters. The molecular formula is C13H20N6S. The third-order valence-electron chi connectivity index (χ3n) is 3.68. The molecule has 20 heavy (non-hydrogen) atoms. The molecule has 1 aliphatic rings. The average molecular weight is 292 g/mol. The van der Waals surface area contributed by atoms with Crippen LogP contribution in [0.2, 0.25) is 0 Å². The highest BCUT2D eigenvalue weighted by molar-refractivity contribution is 7.13. The molecule has 1 fully saturated rings. The summed E-state index contributed by atoms with van der Waals surface area (Å²) in [4.78, 5) is 13.5. The van der Waals surface area contributed by atoms with Crippen molar-refractivity contribution in [1.82, 2.24) is 24.6 Å². The number of anilines is 1. The predicted octanol–water partition coefficient (Wildman–Crippen LogP) is 1.25. The number of thiazole rings is 1. The van der Waals surface area contributed by atoms with Crippen molar-refractivity contribution >= 4 is 16.5 Å². The summed E-state index contributed by atoms with van der Waals surface area (Å²) in [6, 6.07) is 0.505. The Morgan fingerprint density at radius 2 is 2.25 bits per heavy atom. The van der Waals surface area contributed by atoms with Crippen LogP contribution in [-0.4, -0.2) is 56.9 Å². The first-order chi connectivity index (χ1) is 9.72. The molecule has 0 N–H and O–H groups in total. The van der Waals surface area contributed by atoms with Crippen LogP contribution in [-0.2, 0) is 6.54 Å². The van der Waals surface area contributed by atoms with E-state index in [1.165, 1.54) is 0 Å². The number of hydrogen-bond acceptors (Lipinski definition) is 6. The van der Waals surface area contributed by atoms with Crippen LogP contribution in [0.3, 0.4) is 0 Å². The molecule has 0 spiro atoms. The van der Waals surface area contributed by atoms with Crippen LogP contribution < -0.4 is 4.90 Å². The summed E-state index contributed by atoms with van der Waals surface area (Å²) >= 11 is 1.75. The van der Waals surface area contributed by atoms with Gasteiger partial charge in [-0.1, -0.05) is 0 Å². The van der Waals surface area contributed by atoms with Crippen molar-refractivity contribution in [2.45, 2.75) is 26.4 Å². The Hall–Kier alpha value is -1.47. The fourth-order valence-electron chi connectivity index (χ4n) is 2.59. The Kier molecular flexibility index (Phi) is 3.98. The Labute approximate surface area is 123 Å². The molecule has 108 valence electrons. The van der Waals surface area contributed by atoms with Gasteiger partial charge in [0.05, 0.1) is 12.2 Å². The fourth-order valence-corrected chi connectivity index (χ4v) is 3.52. The van der Waals surface area contributed by atoms with Gasteiger partial charge in [0.2, 0.25) is 0 Å². The molecule has 6 nitrogen and oxygen atoms in total. The number of aryl methyl sites for hydroxylation is 1. The first-order valence-electron chi connectivity index (χ1n) is 6.96. The van der Waals surface area contributed by atoms with Gasteiger partial charge in [0.25, 0.3) is 0 Å². The van der Waals surface area contributed by atoms with E-state index in [0.717, 1.165) is 43.5 Å². The molecule has 0 amide bonds. The van der Waals surface area contributed by atoms with Gasteiger partial charge in [0.15, 0.2) is 5.13 Å². The molecule has 2 aromatic heterocycles. The van der Waals surface area contributed by atoms with E-state index >= 15 is 0 Å². The molecular weight excluding hydrogens is 272 g/mol. The normalized spacial score (nSPS) is 20.5. The third-order valence-corrected chi connectivity index (χ3v) is 4.67. The van der Waals surface area contributed by atoms with Crippen molar-refractivity contribution in [3.8, 4) is 0 Å². The molecule has 3 rings (SSSR count). The number of hydrogen-bond donors (Lipinski definition) is 0. The highest BCUT2D eigenvalue weighted by Gasteiger charge is 2.25. The van der Waals surface area contributed by atoms with E-state index < -0.39 is 0 Å². The van der Waals surface area contributed by atoms with Gasteiger partial charge in [-0.3, -0.25) is 9.58 Å². The molecule has 7 heteroatoms. The second kappa shape index (κ2) is 5.88. The second-order valence-corrected chi connectivity index (χ2v) is 6.11. The van der Waals surface area contributed by atoms with Gasteiger partial charge in [0.1, 0.15) is 12.7 Å². The fraction of sp³-hybridized carbons (Fsp3) is 0.615. The Morgan fingerprint density at radius 3 is 2.90 bits per heavy atom. The molecule has 0 radical (unpaired) electrons. The van der Waals surface area contributed by atoms with Crippen LogP contribution >= 0.6 is 11.3 Å². The summed E-state index contributed by atoms with van der Waals surface area (Å²) in [7, 11) is 0. The number of aromatic nitrogens is 4. The largest absolute Gasteiger partial charge is 0.343 e. The van der Waals surface area contributed by atoms with E-state index in [9.17, 15) is 0 Å². The Bertz CT molecular complexity index is 537. The lowest BCUT2D eigenvalue weighted by Gasteiger charge is -2.39. The minimum Gasteiger partial charge on any atom is -0.343 e. The zero-order chi connectivity index (χ0) is 13.9. The minimum absolute atomic E-state index is 0.505. The summed E-state index contributed by atoms with van der Waals surface area (Å²) < 4.78 is 1.89. The summed E-state index contributed by atoms with van der Waals surface area (Å²) in [6.07, 6.45) is 3.36. The molecule has 0 aliphatic carbocycles. The van der Waals surface area contributed by atoms with Crippen LogP contribution in [0.4, 0.5) is 5.13 Å². The van der Waals surface area contributed by atoms with Crippen LogP contribution in [0.15, 0.2) is 18.0 Å². The number of nitrogens with zero attached hydrogens (tertiary/aromatic N) is 6. The Morgan fingerprint density at radius 1 is 1.35 bits per heavy atom. The lowest BCUT2D eigenvalue weighted by atomic mass is 10.2. The van der Waals surface area contributed by atoms with E-state index in [2.05, 4.69) is 44.1 Å². The molecule has 1 unspecified atom stereocenters. The van der Waals surface area contributed by atoms with Crippen molar-refractivity contribution in [3.05, 3.63) is 23.7 Å². The van der Waals surface area contributed by atoms with E-state index in [1.807, 2.05) is 4.68 Å². The lowest BCUT2D eigenvalue weighted by molar-refractivity contribution is 0.218. The maximum atomic E-state index is 4.60. The monoisotopic (exact) mass is 292 g/mol. The van der Waals surface area contributed by atoms with Crippen LogP contribution in [0.25, 0.3) is 0 Å². The number of rotatable bonds is 4.